The quantitative estimate of drug-likeness (QED) is 0.510. The topological polar surface area (TPSA) is 0 Å². The fourth-order valence-electron chi connectivity index (χ4n) is 1.62. The molecule has 0 aromatic rings. The minimum atomic E-state index is 0.837. The molecule has 0 N–H and O–H groups in total. The molecule has 0 fully saturated rings. The van der Waals surface area contributed by atoms with Gasteiger partial charge in [0.2, 0.25) is 0 Å². The van der Waals surface area contributed by atoms with Crippen LogP contribution in [0.3, 0.4) is 0 Å². The molecule has 0 bridgehead atoms. The minimum absolute atomic E-state index is 0.837. The first-order valence-electron chi connectivity index (χ1n) is 4.91. The van der Waals surface area contributed by atoms with E-state index < -0.39 is 0 Å². The van der Waals surface area contributed by atoms with Gasteiger partial charge in [-0.3, -0.25) is 0 Å². The highest BCUT2D eigenvalue weighted by Crippen LogP contribution is 2.19. The molecule has 11 heavy (non-hydrogen) atoms. The van der Waals surface area contributed by atoms with Gasteiger partial charge in [-0.15, -0.1) is 11.6 Å². The predicted octanol–water partition coefficient (Wildman–Crippen LogP) is 4.22. The highest BCUT2D eigenvalue weighted by atomic mass is 35.5. The van der Waals surface area contributed by atoms with Crippen molar-refractivity contribution in [3.8, 4) is 0 Å². The molecule has 0 radical (unpaired) electrons. The van der Waals surface area contributed by atoms with Crippen molar-refractivity contribution in [3.05, 3.63) is 0 Å². The molecule has 0 amide bonds. The molecule has 0 aliphatic rings. The molecular formula is C10H21Cl. The van der Waals surface area contributed by atoms with E-state index in [1.807, 2.05) is 0 Å². The highest BCUT2D eigenvalue weighted by molar-refractivity contribution is 6.17. The molecule has 0 aliphatic carbocycles. The third-order valence-corrected chi connectivity index (χ3v) is 2.41. The smallest absolute Gasteiger partial charge is 0.0223 e. The van der Waals surface area contributed by atoms with E-state index in [4.69, 9.17) is 11.6 Å². The molecule has 0 atom stereocenters. The molecule has 0 saturated heterocycles. The van der Waals surface area contributed by atoms with Crippen molar-refractivity contribution >= 4 is 11.6 Å². The van der Waals surface area contributed by atoms with E-state index in [0.29, 0.717) is 0 Å². The maximum atomic E-state index is 5.65. The summed E-state index contributed by atoms with van der Waals surface area (Å²) in [5.41, 5.74) is 0. The van der Waals surface area contributed by atoms with E-state index in [9.17, 15) is 0 Å². The molecule has 68 valence electrons. The molecule has 0 rings (SSSR count). The number of hydrogen-bond donors (Lipinski definition) is 0. The first-order valence-corrected chi connectivity index (χ1v) is 5.44. The Morgan fingerprint density at radius 2 is 1.55 bits per heavy atom. The second kappa shape index (κ2) is 8.39. The van der Waals surface area contributed by atoms with Gasteiger partial charge in [0.25, 0.3) is 0 Å². The lowest BCUT2D eigenvalue weighted by Gasteiger charge is -2.13. The fourth-order valence-corrected chi connectivity index (χ4v) is 1.77. The van der Waals surface area contributed by atoms with E-state index in [1.165, 1.54) is 38.5 Å². The molecule has 0 aromatic carbocycles. The molecule has 0 aromatic heterocycles. The predicted molar refractivity (Wildman–Crippen MR) is 53.3 cm³/mol. The van der Waals surface area contributed by atoms with Gasteiger partial charge in [-0.25, -0.2) is 0 Å². The summed E-state index contributed by atoms with van der Waals surface area (Å²) in [5.74, 6) is 1.79. The van der Waals surface area contributed by atoms with Crippen LogP contribution in [0.1, 0.15) is 52.4 Å². The number of halogens is 1. The Morgan fingerprint density at radius 1 is 1.00 bits per heavy atom. The first-order chi connectivity index (χ1) is 5.35. The molecule has 0 spiro atoms. The second-order valence-electron chi connectivity index (χ2n) is 3.27. The summed E-state index contributed by atoms with van der Waals surface area (Å²) in [6.45, 7) is 4.53. The molecule has 0 heterocycles. The molecule has 0 nitrogen and oxygen atoms in total. The Hall–Kier alpha value is 0.290. The van der Waals surface area contributed by atoms with Gasteiger partial charge in [-0.1, -0.05) is 39.5 Å². The van der Waals surface area contributed by atoms with E-state index in [-0.39, 0.29) is 0 Å². The van der Waals surface area contributed by atoms with Gasteiger partial charge >= 0.3 is 0 Å². The van der Waals surface area contributed by atoms with Crippen LogP contribution in [0.5, 0.6) is 0 Å². The molecular weight excluding hydrogens is 156 g/mol. The molecule has 0 unspecified atom stereocenters. The Labute approximate surface area is 76.3 Å². The average Bonchev–Trinajstić information content (AvgIpc) is 2.01. The van der Waals surface area contributed by atoms with Crippen molar-refractivity contribution in [3.63, 3.8) is 0 Å². The van der Waals surface area contributed by atoms with Crippen molar-refractivity contribution in [2.75, 3.05) is 5.88 Å². The number of alkyl halides is 1. The van der Waals surface area contributed by atoms with Gasteiger partial charge in [0.05, 0.1) is 0 Å². The van der Waals surface area contributed by atoms with Crippen LogP contribution in [0, 0.1) is 5.92 Å². The van der Waals surface area contributed by atoms with E-state index >= 15 is 0 Å². The summed E-state index contributed by atoms with van der Waals surface area (Å²) >= 11 is 5.65. The van der Waals surface area contributed by atoms with Crippen LogP contribution < -0.4 is 0 Å². The zero-order valence-corrected chi connectivity index (χ0v) is 8.66. The van der Waals surface area contributed by atoms with E-state index in [1.54, 1.807) is 0 Å². The Balaban J connectivity index is 3.34. The van der Waals surface area contributed by atoms with Crippen LogP contribution in [-0.4, -0.2) is 5.88 Å². The summed E-state index contributed by atoms with van der Waals surface area (Å²) in [5, 5.41) is 0. The third-order valence-electron chi connectivity index (χ3n) is 2.14. The number of rotatable bonds is 7. The van der Waals surface area contributed by atoms with Gasteiger partial charge in [-0.2, -0.15) is 0 Å². The monoisotopic (exact) mass is 176 g/mol. The van der Waals surface area contributed by atoms with Crippen molar-refractivity contribution in [1.82, 2.24) is 0 Å². The summed E-state index contributed by atoms with van der Waals surface area (Å²) in [6.07, 6.45) is 7.98. The Kier molecular flexibility index (Phi) is 8.61. The van der Waals surface area contributed by atoms with Gasteiger partial charge < -0.3 is 0 Å². The Bertz CT molecular complexity index is 65.3. The fraction of sp³-hybridized carbons (Fsp3) is 1.00. The van der Waals surface area contributed by atoms with Gasteiger partial charge in [-0.05, 0) is 18.8 Å². The zero-order chi connectivity index (χ0) is 8.53. The lowest BCUT2D eigenvalue weighted by atomic mass is 9.94. The highest BCUT2D eigenvalue weighted by Gasteiger charge is 2.04. The van der Waals surface area contributed by atoms with Crippen molar-refractivity contribution in [1.29, 1.82) is 0 Å². The van der Waals surface area contributed by atoms with Crippen LogP contribution in [0.15, 0.2) is 0 Å². The summed E-state index contributed by atoms with van der Waals surface area (Å²) in [4.78, 5) is 0. The minimum Gasteiger partial charge on any atom is -0.127 e. The van der Waals surface area contributed by atoms with Crippen molar-refractivity contribution in [2.24, 2.45) is 5.92 Å². The average molecular weight is 177 g/mol. The van der Waals surface area contributed by atoms with Crippen molar-refractivity contribution in [2.45, 2.75) is 52.4 Å². The van der Waals surface area contributed by atoms with E-state index in [2.05, 4.69) is 13.8 Å². The Morgan fingerprint density at radius 3 is 1.91 bits per heavy atom. The maximum absolute atomic E-state index is 5.65. The van der Waals surface area contributed by atoms with Crippen LogP contribution >= 0.6 is 11.6 Å². The molecule has 1 heteroatoms. The summed E-state index contributed by atoms with van der Waals surface area (Å²) in [6, 6.07) is 0. The summed E-state index contributed by atoms with van der Waals surface area (Å²) < 4.78 is 0. The lowest BCUT2D eigenvalue weighted by molar-refractivity contribution is 0.408. The maximum Gasteiger partial charge on any atom is 0.0223 e. The van der Waals surface area contributed by atoms with Crippen LogP contribution in [0.25, 0.3) is 0 Å². The summed E-state index contributed by atoms with van der Waals surface area (Å²) in [7, 11) is 0. The standard InChI is InChI=1S/C10H21Cl/c1-3-6-10(7-4-2)8-5-9-11/h10H,3-9H2,1-2H3. The molecule has 0 saturated carbocycles. The van der Waals surface area contributed by atoms with Crippen molar-refractivity contribution < 1.29 is 0 Å². The van der Waals surface area contributed by atoms with Gasteiger partial charge in [0.15, 0.2) is 0 Å². The first kappa shape index (κ1) is 11.3. The number of hydrogen-bond acceptors (Lipinski definition) is 0. The largest absolute Gasteiger partial charge is 0.127 e. The van der Waals surface area contributed by atoms with Crippen LogP contribution in [0.4, 0.5) is 0 Å². The van der Waals surface area contributed by atoms with Gasteiger partial charge in [0, 0.05) is 5.88 Å². The van der Waals surface area contributed by atoms with Gasteiger partial charge in [0.1, 0.15) is 0 Å². The second-order valence-corrected chi connectivity index (χ2v) is 3.65. The third kappa shape index (κ3) is 6.68. The zero-order valence-electron chi connectivity index (χ0n) is 7.91. The molecule has 0 aliphatic heterocycles. The van der Waals surface area contributed by atoms with E-state index in [0.717, 1.165) is 11.8 Å². The van der Waals surface area contributed by atoms with Crippen LogP contribution in [0.2, 0.25) is 0 Å². The van der Waals surface area contributed by atoms with Crippen LogP contribution in [-0.2, 0) is 0 Å². The normalized spacial score (nSPS) is 10.9. The SMILES string of the molecule is CCCC(CCC)CCCCl. The lowest BCUT2D eigenvalue weighted by Crippen LogP contribution is -1.99.